The van der Waals surface area contributed by atoms with Crippen molar-refractivity contribution in [2.75, 3.05) is 18.4 Å². The summed E-state index contributed by atoms with van der Waals surface area (Å²) in [5.74, 6) is 0.603. The summed E-state index contributed by atoms with van der Waals surface area (Å²) in [5.41, 5.74) is 1.28. The molecule has 168 valence electrons. The van der Waals surface area contributed by atoms with E-state index in [4.69, 9.17) is 21.1 Å². The first kappa shape index (κ1) is 23.4. The van der Waals surface area contributed by atoms with Gasteiger partial charge < -0.3 is 14.8 Å². The molecule has 0 aliphatic heterocycles. The van der Waals surface area contributed by atoms with Crippen molar-refractivity contribution in [3.63, 3.8) is 0 Å². The van der Waals surface area contributed by atoms with Gasteiger partial charge in [-0.25, -0.2) is 13.4 Å². The number of pyridine rings is 1. The number of methoxy groups -OCH3 is 1. The van der Waals surface area contributed by atoms with Crippen molar-refractivity contribution < 1.29 is 22.7 Å². The van der Waals surface area contributed by atoms with E-state index in [0.29, 0.717) is 23.9 Å². The van der Waals surface area contributed by atoms with Crippen molar-refractivity contribution >= 4 is 33.2 Å². The largest absolute Gasteiger partial charge is 0.494 e. The van der Waals surface area contributed by atoms with E-state index < -0.39 is 15.9 Å². The lowest BCUT2D eigenvalue weighted by Crippen LogP contribution is -2.23. The van der Waals surface area contributed by atoms with Crippen LogP contribution in [0.5, 0.6) is 11.6 Å². The number of hydrogen-bond acceptors (Lipinski definition) is 6. The summed E-state index contributed by atoms with van der Waals surface area (Å²) >= 11 is 6.13. The number of carbonyl (C=O) groups is 1. The van der Waals surface area contributed by atoms with E-state index in [-0.39, 0.29) is 22.0 Å². The summed E-state index contributed by atoms with van der Waals surface area (Å²) in [5, 5.41) is 2.74. The van der Waals surface area contributed by atoms with Gasteiger partial charge >= 0.3 is 0 Å². The van der Waals surface area contributed by atoms with Crippen LogP contribution in [0.2, 0.25) is 5.02 Å². The Morgan fingerprint density at radius 2 is 1.84 bits per heavy atom. The molecule has 0 unspecified atom stereocenters. The molecule has 0 aliphatic rings. The normalized spacial score (nSPS) is 11.0. The second-order valence-electron chi connectivity index (χ2n) is 6.60. The SMILES string of the molecule is CCOc1ccc(NS(=O)(=O)c2cc(C(=O)NCc3ccnc(OC)c3)ccc2Cl)cc1. The third-order valence-electron chi connectivity index (χ3n) is 4.36. The first-order valence-corrected chi connectivity index (χ1v) is 11.5. The molecule has 2 N–H and O–H groups in total. The molecule has 1 amide bonds. The minimum Gasteiger partial charge on any atom is -0.494 e. The van der Waals surface area contributed by atoms with E-state index >= 15 is 0 Å². The molecule has 0 atom stereocenters. The molecule has 0 fully saturated rings. The average Bonchev–Trinajstić information content (AvgIpc) is 2.79. The fourth-order valence-corrected chi connectivity index (χ4v) is 4.39. The van der Waals surface area contributed by atoms with Gasteiger partial charge in [-0.2, -0.15) is 0 Å². The molecule has 10 heteroatoms. The topological polar surface area (TPSA) is 107 Å². The summed E-state index contributed by atoms with van der Waals surface area (Å²) in [6.07, 6.45) is 1.57. The zero-order valence-electron chi connectivity index (χ0n) is 17.5. The summed E-state index contributed by atoms with van der Waals surface area (Å²) in [6.45, 7) is 2.58. The van der Waals surface area contributed by atoms with Crippen LogP contribution in [0, 0.1) is 0 Å². The second kappa shape index (κ2) is 10.3. The monoisotopic (exact) mass is 475 g/mol. The van der Waals surface area contributed by atoms with Gasteiger partial charge in [0.15, 0.2) is 0 Å². The van der Waals surface area contributed by atoms with Crippen molar-refractivity contribution in [3.8, 4) is 11.6 Å². The molecule has 8 nitrogen and oxygen atoms in total. The Hall–Kier alpha value is -3.30. The van der Waals surface area contributed by atoms with Gasteiger partial charge in [0.05, 0.1) is 18.7 Å². The van der Waals surface area contributed by atoms with Crippen LogP contribution in [0.4, 0.5) is 5.69 Å². The van der Waals surface area contributed by atoms with E-state index in [2.05, 4.69) is 15.0 Å². The summed E-state index contributed by atoms with van der Waals surface area (Å²) in [4.78, 5) is 16.4. The van der Waals surface area contributed by atoms with Gasteiger partial charge in [-0.3, -0.25) is 9.52 Å². The van der Waals surface area contributed by atoms with Gasteiger partial charge in [-0.15, -0.1) is 0 Å². The Labute approximate surface area is 191 Å². The van der Waals surface area contributed by atoms with E-state index in [1.54, 1.807) is 42.6 Å². The molecule has 0 radical (unpaired) electrons. The second-order valence-corrected chi connectivity index (χ2v) is 8.66. The standard InChI is InChI=1S/C22H22ClN3O5S/c1-3-31-18-7-5-17(6-8-18)26-32(28,29)20-13-16(4-9-19(20)23)22(27)25-14-15-10-11-24-21(12-15)30-2/h4-13,26H,3,14H2,1-2H3,(H,25,27). The maximum Gasteiger partial charge on any atom is 0.263 e. The smallest absolute Gasteiger partial charge is 0.263 e. The number of carbonyl (C=O) groups excluding carboxylic acids is 1. The minimum absolute atomic E-state index is 0.00106. The highest BCUT2D eigenvalue weighted by molar-refractivity contribution is 7.92. The van der Waals surface area contributed by atoms with Crippen LogP contribution in [-0.2, 0) is 16.6 Å². The Balaban J connectivity index is 1.75. The quantitative estimate of drug-likeness (QED) is 0.486. The third-order valence-corrected chi connectivity index (χ3v) is 6.22. The number of sulfonamides is 1. The number of benzene rings is 2. The number of nitrogens with zero attached hydrogens (tertiary/aromatic N) is 1. The molecule has 0 saturated heterocycles. The number of anilines is 1. The highest BCUT2D eigenvalue weighted by Gasteiger charge is 2.20. The molecule has 3 aromatic rings. The molecule has 1 heterocycles. The number of halogens is 1. The number of ether oxygens (including phenoxy) is 2. The third kappa shape index (κ3) is 5.89. The van der Waals surface area contributed by atoms with Crippen molar-refractivity contribution in [2.24, 2.45) is 0 Å². The molecule has 2 aromatic carbocycles. The Bertz CT molecular complexity index is 1200. The lowest BCUT2D eigenvalue weighted by atomic mass is 10.2. The Morgan fingerprint density at radius 3 is 2.53 bits per heavy atom. The fraction of sp³-hybridized carbons (Fsp3) is 0.182. The molecule has 0 bridgehead atoms. The summed E-state index contributed by atoms with van der Waals surface area (Å²) in [7, 11) is -2.53. The minimum atomic E-state index is -4.03. The molecule has 0 saturated carbocycles. The van der Waals surface area contributed by atoms with Crippen molar-refractivity contribution in [1.82, 2.24) is 10.3 Å². The zero-order valence-corrected chi connectivity index (χ0v) is 19.0. The molecular weight excluding hydrogens is 454 g/mol. The molecule has 1 aromatic heterocycles. The lowest BCUT2D eigenvalue weighted by molar-refractivity contribution is 0.0950. The summed E-state index contributed by atoms with van der Waals surface area (Å²) in [6, 6.07) is 14.0. The van der Waals surface area contributed by atoms with E-state index in [1.807, 2.05) is 6.92 Å². The van der Waals surface area contributed by atoms with Crippen molar-refractivity contribution in [1.29, 1.82) is 0 Å². The molecule has 32 heavy (non-hydrogen) atoms. The Kier molecular flexibility index (Phi) is 7.55. The van der Waals surface area contributed by atoms with Crippen LogP contribution in [-0.4, -0.2) is 33.0 Å². The average molecular weight is 476 g/mol. The fourth-order valence-electron chi connectivity index (χ4n) is 2.80. The first-order valence-electron chi connectivity index (χ1n) is 9.64. The van der Waals surface area contributed by atoms with Crippen LogP contribution < -0.4 is 19.5 Å². The van der Waals surface area contributed by atoms with Gasteiger partial charge in [0.2, 0.25) is 5.88 Å². The van der Waals surface area contributed by atoms with Crippen LogP contribution >= 0.6 is 11.6 Å². The predicted octanol–water partition coefficient (Wildman–Crippen LogP) is 3.87. The molecule has 0 spiro atoms. The van der Waals surface area contributed by atoms with Gasteiger partial charge in [0.1, 0.15) is 10.6 Å². The molecule has 3 rings (SSSR count). The number of aromatic nitrogens is 1. The van der Waals surface area contributed by atoms with Crippen molar-refractivity contribution in [2.45, 2.75) is 18.4 Å². The van der Waals surface area contributed by atoms with Crippen LogP contribution in [0.25, 0.3) is 0 Å². The highest BCUT2D eigenvalue weighted by Crippen LogP contribution is 2.26. The number of rotatable bonds is 9. The summed E-state index contributed by atoms with van der Waals surface area (Å²) < 4.78 is 38.6. The predicted molar refractivity (Wildman–Crippen MR) is 122 cm³/mol. The molecule has 0 aliphatic carbocycles. The zero-order chi connectivity index (χ0) is 23.1. The lowest BCUT2D eigenvalue weighted by Gasteiger charge is -2.12. The number of hydrogen-bond donors (Lipinski definition) is 2. The maximum absolute atomic E-state index is 12.9. The van der Waals surface area contributed by atoms with Crippen molar-refractivity contribution in [3.05, 3.63) is 76.9 Å². The van der Waals surface area contributed by atoms with E-state index in [1.165, 1.54) is 25.3 Å². The van der Waals surface area contributed by atoms with E-state index in [0.717, 1.165) is 5.56 Å². The van der Waals surface area contributed by atoms with Gasteiger partial charge in [0, 0.05) is 30.1 Å². The Morgan fingerprint density at radius 1 is 1.09 bits per heavy atom. The highest BCUT2D eigenvalue weighted by atomic mass is 35.5. The maximum atomic E-state index is 12.9. The van der Waals surface area contributed by atoms with E-state index in [9.17, 15) is 13.2 Å². The van der Waals surface area contributed by atoms with Crippen LogP contribution in [0.3, 0.4) is 0 Å². The van der Waals surface area contributed by atoms with Crippen LogP contribution in [0.15, 0.2) is 65.7 Å². The number of nitrogens with one attached hydrogen (secondary N) is 2. The number of amides is 1. The van der Waals surface area contributed by atoms with Gasteiger partial charge in [-0.05, 0) is 61.0 Å². The van der Waals surface area contributed by atoms with Crippen LogP contribution in [0.1, 0.15) is 22.8 Å². The first-order chi connectivity index (χ1) is 15.3. The van der Waals surface area contributed by atoms with Gasteiger partial charge in [-0.1, -0.05) is 11.6 Å². The molecular formula is C22H22ClN3O5S. The van der Waals surface area contributed by atoms with Gasteiger partial charge in [0.25, 0.3) is 15.9 Å².